The van der Waals surface area contributed by atoms with Crippen LogP contribution in [0, 0.1) is 11.3 Å². The molecule has 0 aromatic rings. The van der Waals surface area contributed by atoms with Crippen LogP contribution in [0.3, 0.4) is 0 Å². The van der Waals surface area contributed by atoms with Crippen LogP contribution in [0.5, 0.6) is 0 Å². The maximum Gasteiger partial charge on any atom is -0.00204 e. The van der Waals surface area contributed by atoms with Gasteiger partial charge in [0, 0.05) is 0 Å². The van der Waals surface area contributed by atoms with Gasteiger partial charge in [0.25, 0.3) is 0 Å². The molecule has 1 heteroatoms. The summed E-state index contributed by atoms with van der Waals surface area (Å²) in [7, 11) is 0. The molecule has 0 heterocycles. The van der Waals surface area contributed by atoms with Crippen molar-refractivity contribution in [2.45, 2.75) is 78.1 Å². The molecule has 1 rings (SSSR count). The molecule has 1 fully saturated rings. The highest BCUT2D eigenvalue weighted by Gasteiger charge is 2.30. The Balaban J connectivity index is 2.57. The first-order valence-electron chi connectivity index (χ1n) is 7.46. The Morgan fingerprint density at radius 1 is 0.938 bits per heavy atom. The van der Waals surface area contributed by atoms with Crippen LogP contribution in [0.25, 0.3) is 0 Å². The lowest BCUT2D eigenvalue weighted by atomic mass is 9.70. The van der Waals surface area contributed by atoms with Crippen molar-refractivity contribution in [3.8, 4) is 0 Å². The summed E-state index contributed by atoms with van der Waals surface area (Å²) in [6.07, 6.45) is 14.0. The Kier molecular flexibility index (Phi) is 6.41. The van der Waals surface area contributed by atoms with Crippen LogP contribution >= 0.6 is 0 Å². The Hall–Kier alpha value is -0.0400. The number of rotatable bonds is 5. The zero-order valence-electron chi connectivity index (χ0n) is 11.4. The van der Waals surface area contributed by atoms with Gasteiger partial charge in [-0.2, -0.15) is 0 Å². The molecular weight excluding hydrogens is 194 g/mol. The molecule has 1 saturated carbocycles. The summed E-state index contributed by atoms with van der Waals surface area (Å²) >= 11 is 0. The van der Waals surface area contributed by atoms with Crippen LogP contribution in [0.1, 0.15) is 78.1 Å². The third-order valence-electron chi connectivity index (χ3n) is 4.72. The lowest BCUT2D eigenvalue weighted by Crippen LogP contribution is -2.33. The van der Waals surface area contributed by atoms with Gasteiger partial charge in [-0.15, -0.1) is 0 Å². The van der Waals surface area contributed by atoms with E-state index in [0.717, 1.165) is 12.5 Å². The van der Waals surface area contributed by atoms with Gasteiger partial charge in [-0.3, -0.25) is 0 Å². The van der Waals surface area contributed by atoms with Gasteiger partial charge in [-0.1, -0.05) is 58.8 Å². The van der Waals surface area contributed by atoms with E-state index in [1.807, 2.05) is 0 Å². The van der Waals surface area contributed by atoms with E-state index < -0.39 is 0 Å². The lowest BCUT2D eigenvalue weighted by Gasteiger charge is -2.37. The van der Waals surface area contributed by atoms with Crippen LogP contribution in [0.15, 0.2) is 0 Å². The fourth-order valence-corrected chi connectivity index (χ4v) is 3.34. The molecule has 0 amide bonds. The highest BCUT2D eigenvalue weighted by Crippen LogP contribution is 2.40. The first-order chi connectivity index (χ1) is 7.76. The summed E-state index contributed by atoms with van der Waals surface area (Å²) in [6, 6.07) is 0. The molecule has 0 atom stereocenters. The van der Waals surface area contributed by atoms with Gasteiger partial charge >= 0.3 is 0 Å². The fraction of sp³-hybridized carbons (Fsp3) is 1.00. The third kappa shape index (κ3) is 4.08. The van der Waals surface area contributed by atoms with E-state index >= 15 is 0 Å². The van der Waals surface area contributed by atoms with Crippen molar-refractivity contribution in [1.29, 1.82) is 0 Å². The summed E-state index contributed by atoms with van der Waals surface area (Å²) < 4.78 is 0. The van der Waals surface area contributed by atoms with Crippen LogP contribution in [-0.4, -0.2) is 6.54 Å². The van der Waals surface area contributed by atoms with Crippen LogP contribution in [0.2, 0.25) is 0 Å². The molecule has 0 aromatic heterocycles. The second-order valence-electron chi connectivity index (χ2n) is 5.86. The maximum absolute atomic E-state index is 6.12. The Bertz CT molecular complexity index is 164. The molecule has 0 spiro atoms. The lowest BCUT2D eigenvalue weighted by molar-refractivity contribution is 0.162. The monoisotopic (exact) mass is 225 g/mol. The quantitative estimate of drug-likeness (QED) is 0.732. The maximum atomic E-state index is 6.12. The van der Waals surface area contributed by atoms with E-state index in [4.69, 9.17) is 5.73 Å². The molecule has 16 heavy (non-hydrogen) atoms. The van der Waals surface area contributed by atoms with Crippen molar-refractivity contribution in [2.75, 3.05) is 6.54 Å². The van der Waals surface area contributed by atoms with Gasteiger partial charge in [0.15, 0.2) is 0 Å². The van der Waals surface area contributed by atoms with Crippen LogP contribution in [-0.2, 0) is 0 Å². The summed E-state index contributed by atoms with van der Waals surface area (Å²) in [6.45, 7) is 5.59. The van der Waals surface area contributed by atoms with Crippen LogP contribution in [0.4, 0.5) is 0 Å². The highest BCUT2D eigenvalue weighted by atomic mass is 14.6. The van der Waals surface area contributed by atoms with E-state index in [1.165, 1.54) is 64.2 Å². The number of nitrogens with two attached hydrogens (primary N) is 1. The summed E-state index contributed by atoms with van der Waals surface area (Å²) in [4.78, 5) is 0. The van der Waals surface area contributed by atoms with Gasteiger partial charge < -0.3 is 5.73 Å². The topological polar surface area (TPSA) is 26.0 Å². The van der Waals surface area contributed by atoms with Crippen molar-refractivity contribution in [3.63, 3.8) is 0 Å². The van der Waals surface area contributed by atoms with Crippen molar-refractivity contribution in [1.82, 2.24) is 0 Å². The normalized spacial score (nSPS) is 21.8. The molecule has 0 aromatic carbocycles. The van der Waals surface area contributed by atoms with Crippen molar-refractivity contribution in [3.05, 3.63) is 0 Å². The molecule has 2 N–H and O–H groups in total. The molecule has 1 aliphatic carbocycles. The Morgan fingerprint density at radius 2 is 1.44 bits per heavy atom. The molecule has 0 radical (unpaired) electrons. The van der Waals surface area contributed by atoms with Gasteiger partial charge in [0.2, 0.25) is 0 Å². The third-order valence-corrected chi connectivity index (χ3v) is 4.72. The van der Waals surface area contributed by atoms with E-state index in [-0.39, 0.29) is 0 Å². The van der Waals surface area contributed by atoms with Gasteiger partial charge in [-0.25, -0.2) is 0 Å². The molecule has 0 bridgehead atoms. The molecule has 0 saturated heterocycles. The van der Waals surface area contributed by atoms with Gasteiger partial charge in [-0.05, 0) is 37.1 Å². The van der Waals surface area contributed by atoms with E-state index in [0.29, 0.717) is 5.41 Å². The number of hydrogen-bond donors (Lipinski definition) is 1. The molecule has 1 nitrogen and oxygen atoms in total. The summed E-state index contributed by atoms with van der Waals surface area (Å²) in [5, 5.41) is 0. The molecule has 96 valence electrons. The first-order valence-corrected chi connectivity index (χ1v) is 7.46. The minimum Gasteiger partial charge on any atom is -0.330 e. The van der Waals surface area contributed by atoms with E-state index in [9.17, 15) is 0 Å². The van der Waals surface area contributed by atoms with E-state index in [1.54, 1.807) is 0 Å². The fourth-order valence-electron chi connectivity index (χ4n) is 3.34. The minimum absolute atomic E-state index is 0.497. The highest BCUT2D eigenvalue weighted by molar-refractivity contribution is 4.84. The average Bonchev–Trinajstić information content (AvgIpc) is 2.29. The first kappa shape index (κ1) is 14.0. The van der Waals surface area contributed by atoms with Gasteiger partial charge in [0.1, 0.15) is 0 Å². The molecule has 0 aliphatic heterocycles. The van der Waals surface area contributed by atoms with E-state index in [2.05, 4.69) is 13.8 Å². The predicted molar refractivity (Wildman–Crippen MR) is 72.5 cm³/mol. The largest absolute Gasteiger partial charge is 0.330 e. The number of hydrogen-bond acceptors (Lipinski definition) is 1. The average molecular weight is 225 g/mol. The Labute approximate surface area is 102 Å². The molecule has 0 unspecified atom stereocenters. The SMILES string of the molecule is CCC(CC)CC1(CN)CCCCCCC1. The molecular formula is C15H31N. The summed E-state index contributed by atoms with van der Waals surface area (Å²) in [5.74, 6) is 0.906. The van der Waals surface area contributed by atoms with Crippen molar-refractivity contribution >= 4 is 0 Å². The van der Waals surface area contributed by atoms with Crippen LogP contribution < -0.4 is 5.73 Å². The predicted octanol–water partition coefficient (Wildman–Crippen LogP) is 4.50. The summed E-state index contributed by atoms with van der Waals surface area (Å²) in [5.41, 5.74) is 6.61. The second kappa shape index (κ2) is 7.32. The van der Waals surface area contributed by atoms with Gasteiger partial charge in [0.05, 0.1) is 0 Å². The van der Waals surface area contributed by atoms with Crippen molar-refractivity contribution < 1.29 is 0 Å². The second-order valence-corrected chi connectivity index (χ2v) is 5.86. The Morgan fingerprint density at radius 3 is 1.88 bits per heavy atom. The van der Waals surface area contributed by atoms with Crippen molar-refractivity contribution in [2.24, 2.45) is 17.1 Å². The smallest absolute Gasteiger partial charge is 0.00204 e. The molecule has 1 aliphatic rings. The zero-order valence-corrected chi connectivity index (χ0v) is 11.4. The standard InChI is InChI=1S/C15H31N/c1-3-14(4-2)12-15(13-16)10-8-6-5-7-9-11-15/h14H,3-13,16H2,1-2H3. The minimum atomic E-state index is 0.497. The zero-order chi connectivity index (χ0) is 11.9.